The number of halogens is 3. The van der Waals surface area contributed by atoms with E-state index in [0.29, 0.717) is 19.8 Å². The molecule has 0 atom stereocenters. The second-order valence-electron chi connectivity index (χ2n) is 4.86. The molecule has 25 heavy (non-hydrogen) atoms. The third-order valence-corrected chi connectivity index (χ3v) is 6.03. The lowest BCUT2D eigenvalue weighted by Gasteiger charge is -2.06. The van der Waals surface area contributed by atoms with Gasteiger partial charge in [0.25, 0.3) is 5.91 Å². The molecule has 0 bridgehead atoms. The molecule has 0 fully saturated rings. The second-order valence-corrected chi connectivity index (χ2v) is 8.46. The number of benzene rings is 1. The molecule has 0 saturated carbocycles. The second kappa shape index (κ2) is 7.35. The third-order valence-electron chi connectivity index (χ3n) is 3.26. The lowest BCUT2D eigenvalue weighted by Crippen LogP contribution is -2.13. The summed E-state index contributed by atoms with van der Waals surface area (Å²) in [6, 6.07) is 8.24. The van der Waals surface area contributed by atoms with E-state index < -0.39 is 11.9 Å². The molecule has 0 aliphatic carbocycles. The summed E-state index contributed by atoms with van der Waals surface area (Å²) in [5, 5.41) is 14.3. The summed E-state index contributed by atoms with van der Waals surface area (Å²) in [7, 11) is 0. The van der Waals surface area contributed by atoms with E-state index in [1.165, 1.54) is 17.4 Å². The van der Waals surface area contributed by atoms with Crippen LogP contribution >= 0.6 is 57.5 Å². The summed E-state index contributed by atoms with van der Waals surface area (Å²) in [4.78, 5) is 24.6. The number of carbonyl (C=O) groups excluding carboxylic acids is 1. The minimum absolute atomic E-state index is 0.0121. The van der Waals surface area contributed by atoms with Crippen LogP contribution in [0.4, 0.5) is 5.69 Å². The largest absolute Gasteiger partial charge is 0.478 e. The van der Waals surface area contributed by atoms with Crippen LogP contribution < -0.4 is 5.32 Å². The minimum atomic E-state index is -1.14. The number of aromatic carboxylic acids is 1. The molecule has 0 spiro atoms. The lowest BCUT2D eigenvalue weighted by molar-refractivity contribution is 0.0699. The number of hydrogen-bond donors (Lipinski definition) is 2. The molecule has 1 aromatic carbocycles. The average Bonchev–Trinajstić information content (AvgIpc) is 3.11. The number of hydrogen-bond acceptors (Lipinski definition) is 4. The molecule has 128 valence electrons. The average molecular weight is 433 g/mol. The van der Waals surface area contributed by atoms with E-state index in [4.69, 9.17) is 34.8 Å². The van der Waals surface area contributed by atoms with Crippen molar-refractivity contribution < 1.29 is 14.7 Å². The number of thiophene rings is 2. The van der Waals surface area contributed by atoms with E-state index in [1.54, 1.807) is 29.6 Å². The van der Waals surface area contributed by atoms with E-state index in [0.717, 1.165) is 11.3 Å². The standard InChI is InChI=1S/C16H8Cl3NO3S2/c17-8-3-1-7(2-4-8)13-12(16(22)23)10(6-24-13)20-15(21)9-5-11(18)25-14(9)19/h1-6H,(H,20,21)(H,22,23). The SMILES string of the molecule is O=C(Nc1csc(-c2ccc(Cl)cc2)c1C(=O)O)c1cc(Cl)sc1Cl. The maximum atomic E-state index is 12.4. The van der Waals surface area contributed by atoms with Gasteiger partial charge in [0.15, 0.2) is 0 Å². The fraction of sp³-hybridized carbons (Fsp3) is 0. The Hall–Kier alpha value is -1.57. The van der Waals surface area contributed by atoms with Crippen LogP contribution in [0, 0.1) is 0 Å². The van der Waals surface area contributed by atoms with Gasteiger partial charge in [0.05, 0.1) is 20.5 Å². The topological polar surface area (TPSA) is 66.4 Å². The predicted molar refractivity (Wildman–Crippen MR) is 104 cm³/mol. The first kappa shape index (κ1) is 18.2. The van der Waals surface area contributed by atoms with Gasteiger partial charge >= 0.3 is 5.97 Å². The molecule has 0 aliphatic rings. The van der Waals surface area contributed by atoms with E-state index in [9.17, 15) is 14.7 Å². The fourth-order valence-electron chi connectivity index (χ4n) is 2.16. The van der Waals surface area contributed by atoms with Crippen LogP contribution in [0.3, 0.4) is 0 Å². The highest BCUT2D eigenvalue weighted by Gasteiger charge is 2.23. The smallest absolute Gasteiger partial charge is 0.339 e. The Kier molecular flexibility index (Phi) is 5.36. The number of nitrogens with one attached hydrogen (secondary N) is 1. The van der Waals surface area contributed by atoms with Crippen molar-refractivity contribution in [2.24, 2.45) is 0 Å². The van der Waals surface area contributed by atoms with Crippen LogP contribution in [-0.4, -0.2) is 17.0 Å². The van der Waals surface area contributed by atoms with Crippen LogP contribution in [0.25, 0.3) is 10.4 Å². The molecule has 0 unspecified atom stereocenters. The highest BCUT2D eigenvalue weighted by Crippen LogP contribution is 2.37. The first-order valence-electron chi connectivity index (χ1n) is 6.73. The number of carboxylic acids is 1. The molecule has 0 saturated heterocycles. The van der Waals surface area contributed by atoms with Gasteiger partial charge in [-0.2, -0.15) is 0 Å². The van der Waals surface area contributed by atoms with Crippen LogP contribution in [0.1, 0.15) is 20.7 Å². The highest BCUT2D eigenvalue weighted by atomic mass is 35.5. The summed E-state index contributed by atoms with van der Waals surface area (Å²) >= 11 is 20.0. The van der Waals surface area contributed by atoms with E-state index in [-0.39, 0.29) is 21.2 Å². The normalized spacial score (nSPS) is 10.7. The van der Waals surface area contributed by atoms with Gasteiger partial charge in [0.1, 0.15) is 9.90 Å². The number of carboxylic acid groups (broad SMARTS) is 1. The molecular formula is C16H8Cl3NO3S2. The molecule has 4 nitrogen and oxygen atoms in total. The molecule has 1 amide bonds. The van der Waals surface area contributed by atoms with Crippen LogP contribution in [-0.2, 0) is 0 Å². The van der Waals surface area contributed by atoms with Crippen molar-refractivity contribution in [3.63, 3.8) is 0 Å². The van der Waals surface area contributed by atoms with Crippen LogP contribution in [0.5, 0.6) is 0 Å². The molecule has 2 heterocycles. The molecule has 3 rings (SSSR count). The molecular weight excluding hydrogens is 425 g/mol. The third kappa shape index (κ3) is 3.83. The summed E-state index contributed by atoms with van der Waals surface area (Å²) in [5.74, 6) is -1.66. The van der Waals surface area contributed by atoms with Crippen molar-refractivity contribution in [2.45, 2.75) is 0 Å². The van der Waals surface area contributed by atoms with Crippen molar-refractivity contribution in [2.75, 3.05) is 5.32 Å². The van der Waals surface area contributed by atoms with Gasteiger partial charge < -0.3 is 10.4 Å². The molecule has 2 N–H and O–H groups in total. The van der Waals surface area contributed by atoms with Gasteiger partial charge in [-0.3, -0.25) is 4.79 Å². The van der Waals surface area contributed by atoms with Gasteiger partial charge in [-0.25, -0.2) is 4.79 Å². The molecule has 9 heteroatoms. The van der Waals surface area contributed by atoms with Gasteiger partial charge in [0, 0.05) is 10.4 Å². The lowest BCUT2D eigenvalue weighted by atomic mass is 10.1. The number of amides is 1. The van der Waals surface area contributed by atoms with Gasteiger partial charge in [0.2, 0.25) is 0 Å². The quantitative estimate of drug-likeness (QED) is 0.502. The summed E-state index contributed by atoms with van der Waals surface area (Å²) in [6.07, 6.45) is 0. The summed E-state index contributed by atoms with van der Waals surface area (Å²) < 4.78 is 0.619. The Balaban J connectivity index is 1.97. The summed E-state index contributed by atoms with van der Waals surface area (Å²) in [5.41, 5.74) is 1.11. The number of carbonyl (C=O) groups is 2. The Labute approximate surface area is 165 Å². The first-order valence-corrected chi connectivity index (χ1v) is 9.56. The zero-order valence-electron chi connectivity index (χ0n) is 12.2. The molecule has 0 aliphatic heterocycles. The maximum Gasteiger partial charge on any atom is 0.339 e. The van der Waals surface area contributed by atoms with Crippen LogP contribution in [0.2, 0.25) is 13.7 Å². The molecule has 0 radical (unpaired) electrons. The zero-order chi connectivity index (χ0) is 18.1. The van der Waals surface area contributed by atoms with E-state index >= 15 is 0 Å². The number of anilines is 1. The molecule has 2 aromatic heterocycles. The molecule has 3 aromatic rings. The van der Waals surface area contributed by atoms with E-state index in [2.05, 4.69) is 5.32 Å². The maximum absolute atomic E-state index is 12.4. The predicted octanol–water partition coefficient (Wildman–Crippen LogP) is 6.39. The van der Waals surface area contributed by atoms with Gasteiger partial charge in [-0.1, -0.05) is 46.9 Å². The number of rotatable bonds is 4. The fourth-order valence-corrected chi connectivity index (χ4v) is 4.74. The van der Waals surface area contributed by atoms with Crippen molar-refractivity contribution in [3.8, 4) is 10.4 Å². The van der Waals surface area contributed by atoms with Crippen molar-refractivity contribution in [1.82, 2.24) is 0 Å². The minimum Gasteiger partial charge on any atom is -0.478 e. The highest BCUT2D eigenvalue weighted by molar-refractivity contribution is 7.20. The Morgan fingerprint density at radius 3 is 2.32 bits per heavy atom. The Bertz CT molecular complexity index is 964. The van der Waals surface area contributed by atoms with Gasteiger partial charge in [-0.05, 0) is 23.8 Å². The van der Waals surface area contributed by atoms with Crippen molar-refractivity contribution in [1.29, 1.82) is 0 Å². The Morgan fingerprint density at radius 1 is 1.08 bits per heavy atom. The van der Waals surface area contributed by atoms with E-state index in [1.807, 2.05) is 0 Å². The van der Waals surface area contributed by atoms with Crippen molar-refractivity contribution >= 4 is 75.0 Å². The zero-order valence-corrected chi connectivity index (χ0v) is 16.1. The van der Waals surface area contributed by atoms with Gasteiger partial charge in [-0.15, -0.1) is 22.7 Å². The first-order chi connectivity index (χ1) is 11.9. The Morgan fingerprint density at radius 2 is 1.76 bits per heavy atom. The van der Waals surface area contributed by atoms with Crippen molar-refractivity contribution in [3.05, 3.63) is 60.5 Å². The summed E-state index contributed by atoms with van der Waals surface area (Å²) in [6.45, 7) is 0. The monoisotopic (exact) mass is 431 g/mol. The van der Waals surface area contributed by atoms with Crippen LogP contribution in [0.15, 0.2) is 35.7 Å².